The standard InChI is InChI=1S/C17H17FN2O3/c1-22-13-8-4-12(5-9-13)20-10-15(20)16(17(19)21)23-14-6-2-11(18)3-7-14/h2-9,15-16H,10H2,1H3,(H2,19,21)/t15-,16+,20?/m0/s1. The molecule has 3 rings (SSSR count). The van der Waals surface area contributed by atoms with E-state index in [2.05, 4.69) is 0 Å². The first-order valence-electron chi connectivity index (χ1n) is 7.21. The number of nitrogens with zero attached hydrogens (tertiary/aromatic N) is 1. The van der Waals surface area contributed by atoms with Gasteiger partial charge in [-0.1, -0.05) is 0 Å². The molecule has 0 spiro atoms. The topological polar surface area (TPSA) is 64.6 Å². The van der Waals surface area contributed by atoms with Crippen molar-refractivity contribution < 1.29 is 18.7 Å². The third kappa shape index (κ3) is 3.36. The molecule has 0 radical (unpaired) electrons. The van der Waals surface area contributed by atoms with Gasteiger partial charge in [0, 0.05) is 12.2 Å². The van der Waals surface area contributed by atoms with Gasteiger partial charge in [0.25, 0.3) is 5.91 Å². The fourth-order valence-corrected chi connectivity index (χ4v) is 2.47. The first kappa shape index (κ1) is 15.1. The Kier molecular flexibility index (Phi) is 4.06. The predicted octanol–water partition coefficient (Wildman–Crippen LogP) is 1.96. The summed E-state index contributed by atoms with van der Waals surface area (Å²) in [6.07, 6.45) is -0.789. The smallest absolute Gasteiger partial charge is 0.260 e. The molecule has 0 bridgehead atoms. The molecule has 1 amide bonds. The number of benzene rings is 2. The molecule has 2 atom stereocenters. The minimum absolute atomic E-state index is 0.133. The van der Waals surface area contributed by atoms with Crippen LogP contribution in [0.5, 0.6) is 11.5 Å². The lowest BCUT2D eigenvalue weighted by atomic mass is 10.2. The molecule has 0 aromatic heterocycles. The summed E-state index contributed by atoms with van der Waals surface area (Å²) >= 11 is 0. The van der Waals surface area contributed by atoms with E-state index in [1.165, 1.54) is 24.3 Å². The molecule has 2 aromatic carbocycles. The average Bonchev–Trinajstić information content (AvgIpc) is 3.34. The van der Waals surface area contributed by atoms with Crippen LogP contribution in [0, 0.1) is 5.82 Å². The molecule has 1 heterocycles. The number of carbonyl (C=O) groups is 1. The van der Waals surface area contributed by atoms with Crippen LogP contribution in [0.25, 0.3) is 0 Å². The number of ether oxygens (including phenoxy) is 2. The highest BCUT2D eigenvalue weighted by Crippen LogP contribution is 2.32. The quantitative estimate of drug-likeness (QED) is 0.828. The Morgan fingerprint density at radius 2 is 1.78 bits per heavy atom. The maximum Gasteiger partial charge on any atom is 0.260 e. The van der Waals surface area contributed by atoms with Crippen molar-refractivity contribution in [2.24, 2.45) is 5.73 Å². The summed E-state index contributed by atoms with van der Waals surface area (Å²) in [5.74, 6) is 0.271. The Bertz CT molecular complexity index is 688. The van der Waals surface area contributed by atoms with Gasteiger partial charge in [-0.25, -0.2) is 4.39 Å². The molecule has 1 saturated heterocycles. The van der Waals surface area contributed by atoms with Crippen molar-refractivity contribution in [3.05, 3.63) is 54.3 Å². The number of carbonyl (C=O) groups excluding carboxylic acids is 1. The summed E-state index contributed by atoms with van der Waals surface area (Å²) in [5, 5.41) is 0. The summed E-state index contributed by atoms with van der Waals surface area (Å²) in [6.45, 7) is 0.668. The summed E-state index contributed by atoms with van der Waals surface area (Å²) in [4.78, 5) is 13.7. The van der Waals surface area contributed by atoms with Crippen LogP contribution >= 0.6 is 0 Å². The van der Waals surface area contributed by atoms with E-state index in [0.29, 0.717) is 12.3 Å². The van der Waals surface area contributed by atoms with Crippen molar-refractivity contribution in [2.45, 2.75) is 12.1 Å². The van der Waals surface area contributed by atoms with E-state index in [0.717, 1.165) is 11.4 Å². The number of hydrogen-bond acceptors (Lipinski definition) is 4. The van der Waals surface area contributed by atoms with Gasteiger partial charge in [-0.15, -0.1) is 0 Å². The van der Waals surface area contributed by atoms with E-state index in [4.69, 9.17) is 15.2 Å². The molecule has 23 heavy (non-hydrogen) atoms. The molecule has 1 fully saturated rings. The third-order valence-electron chi connectivity index (χ3n) is 3.76. The maximum absolute atomic E-state index is 12.9. The van der Waals surface area contributed by atoms with Crippen molar-refractivity contribution in [1.29, 1.82) is 0 Å². The van der Waals surface area contributed by atoms with Gasteiger partial charge in [-0.3, -0.25) is 4.79 Å². The van der Waals surface area contributed by atoms with Gasteiger partial charge in [-0.05, 0) is 48.5 Å². The molecule has 120 valence electrons. The zero-order chi connectivity index (χ0) is 16.4. The molecule has 6 heteroatoms. The van der Waals surface area contributed by atoms with Crippen LogP contribution in [-0.2, 0) is 4.79 Å². The van der Waals surface area contributed by atoms with Gasteiger partial charge in [0.05, 0.1) is 13.2 Å². The highest BCUT2D eigenvalue weighted by molar-refractivity contribution is 5.82. The predicted molar refractivity (Wildman–Crippen MR) is 84.1 cm³/mol. The fourth-order valence-electron chi connectivity index (χ4n) is 2.47. The number of primary amides is 1. The number of methoxy groups -OCH3 is 1. The molecule has 2 aromatic rings. The number of nitrogens with two attached hydrogens (primary N) is 1. The van der Waals surface area contributed by atoms with E-state index < -0.39 is 12.0 Å². The molecule has 1 aliphatic rings. The Hall–Kier alpha value is -2.76. The monoisotopic (exact) mass is 316 g/mol. The van der Waals surface area contributed by atoms with Crippen molar-refractivity contribution >= 4 is 11.6 Å². The van der Waals surface area contributed by atoms with Gasteiger partial charge in [0.2, 0.25) is 0 Å². The second-order valence-electron chi connectivity index (χ2n) is 5.31. The lowest BCUT2D eigenvalue weighted by Gasteiger charge is -2.16. The van der Waals surface area contributed by atoms with Gasteiger partial charge in [0.15, 0.2) is 6.10 Å². The Morgan fingerprint density at radius 3 is 2.35 bits per heavy atom. The van der Waals surface area contributed by atoms with Crippen LogP contribution in [0.15, 0.2) is 48.5 Å². The number of anilines is 1. The van der Waals surface area contributed by atoms with Crippen molar-refractivity contribution in [3.63, 3.8) is 0 Å². The molecule has 5 nitrogen and oxygen atoms in total. The molecular formula is C17H17FN2O3. The molecule has 1 aliphatic heterocycles. The fraction of sp³-hybridized carbons (Fsp3) is 0.235. The third-order valence-corrected chi connectivity index (χ3v) is 3.76. The largest absolute Gasteiger partial charge is 0.497 e. The Balaban J connectivity index is 1.70. The van der Waals surface area contributed by atoms with E-state index in [1.807, 2.05) is 29.2 Å². The summed E-state index contributed by atoms with van der Waals surface area (Å²) in [6, 6.07) is 12.9. The summed E-state index contributed by atoms with van der Waals surface area (Å²) < 4.78 is 23.7. The van der Waals surface area contributed by atoms with Gasteiger partial charge in [0.1, 0.15) is 17.3 Å². The van der Waals surface area contributed by atoms with E-state index in [1.54, 1.807) is 7.11 Å². The molecule has 2 N–H and O–H groups in total. The minimum atomic E-state index is -0.789. The van der Waals surface area contributed by atoms with Crippen LogP contribution in [0.3, 0.4) is 0 Å². The maximum atomic E-state index is 12.9. The Morgan fingerprint density at radius 1 is 1.17 bits per heavy atom. The van der Waals surface area contributed by atoms with Gasteiger partial charge >= 0.3 is 0 Å². The normalized spacial score (nSPS) is 17.5. The lowest BCUT2D eigenvalue weighted by molar-refractivity contribution is -0.124. The highest BCUT2D eigenvalue weighted by atomic mass is 19.1. The Labute approximate surface area is 133 Å². The first-order chi connectivity index (χ1) is 11.1. The SMILES string of the molecule is COc1ccc(N2C[C@H]2[C@@H](Oc2ccc(F)cc2)C(N)=O)cc1. The van der Waals surface area contributed by atoms with Crippen LogP contribution in [-0.4, -0.2) is 31.7 Å². The first-order valence-corrected chi connectivity index (χ1v) is 7.21. The van der Waals surface area contributed by atoms with Crippen molar-refractivity contribution in [1.82, 2.24) is 0 Å². The van der Waals surface area contributed by atoms with Gasteiger partial charge < -0.3 is 20.1 Å². The van der Waals surface area contributed by atoms with Crippen LogP contribution in [0.1, 0.15) is 0 Å². The highest BCUT2D eigenvalue weighted by Gasteiger charge is 2.45. The second kappa shape index (κ2) is 6.16. The lowest BCUT2D eigenvalue weighted by Crippen LogP contribution is -2.39. The molecule has 0 saturated carbocycles. The summed E-state index contributed by atoms with van der Waals surface area (Å²) in [5.41, 5.74) is 6.42. The number of halogens is 1. The van der Waals surface area contributed by atoms with Crippen LogP contribution in [0.4, 0.5) is 10.1 Å². The van der Waals surface area contributed by atoms with E-state index >= 15 is 0 Å². The van der Waals surface area contributed by atoms with Crippen LogP contribution in [0.2, 0.25) is 0 Å². The number of amides is 1. The number of rotatable bonds is 6. The van der Waals surface area contributed by atoms with Crippen LogP contribution < -0.4 is 20.1 Å². The van der Waals surface area contributed by atoms with E-state index in [9.17, 15) is 9.18 Å². The second-order valence-corrected chi connectivity index (χ2v) is 5.31. The summed E-state index contributed by atoms with van der Waals surface area (Å²) in [7, 11) is 1.61. The molecule has 0 unspecified atom stereocenters. The zero-order valence-corrected chi connectivity index (χ0v) is 12.6. The zero-order valence-electron chi connectivity index (χ0n) is 12.6. The average molecular weight is 316 g/mol. The minimum Gasteiger partial charge on any atom is -0.497 e. The number of hydrogen-bond donors (Lipinski definition) is 1. The van der Waals surface area contributed by atoms with Gasteiger partial charge in [-0.2, -0.15) is 0 Å². The van der Waals surface area contributed by atoms with Crippen molar-refractivity contribution in [3.8, 4) is 11.5 Å². The molecular weight excluding hydrogens is 299 g/mol. The van der Waals surface area contributed by atoms with E-state index in [-0.39, 0.29) is 11.9 Å². The molecule has 0 aliphatic carbocycles. The van der Waals surface area contributed by atoms with Crippen molar-refractivity contribution in [2.75, 3.05) is 18.6 Å².